The summed E-state index contributed by atoms with van der Waals surface area (Å²) in [5.74, 6) is 2.03. The summed E-state index contributed by atoms with van der Waals surface area (Å²) in [7, 11) is 0. The summed E-state index contributed by atoms with van der Waals surface area (Å²) in [6.07, 6.45) is 5.31. The lowest BCUT2D eigenvalue weighted by atomic mass is 9.93. The van der Waals surface area contributed by atoms with Gasteiger partial charge in [0.25, 0.3) is 0 Å². The zero-order valence-corrected chi connectivity index (χ0v) is 9.89. The van der Waals surface area contributed by atoms with Crippen molar-refractivity contribution in [2.45, 2.75) is 32.5 Å². The highest BCUT2D eigenvalue weighted by Crippen LogP contribution is 2.21. The molecule has 1 fully saturated rings. The van der Waals surface area contributed by atoms with E-state index in [4.69, 9.17) is 0 Å². The fourth-order valence-electron chi connectivity index (χ4n) is 2.94. The van der Waals surface area contributed by atoms with E-state index in [-0.39, 0.29) is 0 Å². The first kappa shape index (κ1) is 10.3. The molecule has 2 unspecified atom stereocenters. The fourth-order valence-corrected chi connectivity index (χ4v) is 2.94. The van der Waals surface area contributed by atoms with Crippen LogP contribution in [0.3, 0.4) is 0 Å². The molecule has 4 heteroatoms. The molecule has 3 rings (SSSR count). The lowest BCUT2D eigenvalue weighted by molar-refractivity contribution is 0.0931. The van der Waals surface area contributed by atoms with E-state index in [0.29, 0.717) is 6.04 Å². The van der Waals surface area contributed by atoms with E-state index in [1.54, 1.807) is 0 Å². The van der Waals surface area contributed by atoms with Crippen LogP contribution in [0.15, 0.2) is 12.4 Å². The van der Waals surface area contributed by atoms with E-state index in [1.807, 2.05) is 6.20 Å². The first-order chi connectivity index (χ1) is 7.84. The Labute approximate surface area is 96.7 Å². The van der Waals surface area contributed by atoms with Crippen LogP contribution in [-0.4, -0.2) is 40.1 Å². The standard InChI is InChI=1S/C12H20N4/c1-10-2-3-13-8-11(10)16-7-6-15-5-4-14-12(15)9-16/h4-5,10-11,13H,2-3,6-9H2,1H3. The van der Waals surface area contributed by atoms with Gasteiger partial charge in [0.2, 0.25) is 0 Å². The van der Waals surface area contributed by atoms with Gasteiger partial charge in [-0.15, -0.1) is 0 Å². The highest BCUT2D eigenvalue weighted by Gasteiger charge is 2.29. The number of piperidine rings is 1. The number of rotatable bonds is 1. The van der Waals surface area contributed by atoms with Gasteiger partial charge >= 0.3 is 0 Å². The second-order valence-electron chi connectivity index (χ2n) is 5.04. The maximum absolute atomic E-state index is 4.43. The number of nitrogens with one attached hydrogen (secondary N) is 1. The molecule has 4 nitrogen and oxygen atoms in total. The smallest absolute Gasteiger partial charge is 0.122 e. The predicted molar refractivity (Wildman–Crippen MR) is 63.1 cm³/mol. The van der Waals surface area contributed by atoms with Gasteiger partial charge in [0.05, 0.1) is 6.54 Å². The largest absolute Gasteiger partial charge is 0.333 e. The minimum absolute atomic E-state index is 0.694. The number of hydrogen-bond acceptors (Lipinski definition) is 3. The van der Waals surface area contributed by atoms with Crippen molar-refractivity contribution in [2.24, 2.45) is 5.92 Å². The Morgan fingerprint density at radius 1 is 1.44 bits per heavy atom. The normalized spacial score (nSPS) is 31.3. The first-order valence-corrected chi connectivity index (χ1v) is 6.29. The van der Waals surface area contributed by atoms with Gasteiger partial charge in [0.1, 0.15) is 5.82 Å². The summed E-state index contributed by atoms with van der Waals surface area (Å²) in [5.41, 5.74) is 0. The van der Waals surface area contributed by atoms with Crippen molar-refractivity contribution >= 4 is 0 Å². The van der Waals surface area contributed by atoms with Crippen molar-refractivity contribution in [3.8, 4) is 0 Å². The molecule has 0 aliphatic carbocycles. The van der Waals surface area contributed by atoms with E-state index >= 15 is 0 Å². The second kappa shape index (κ2) is 4.18. The molecule has 1 aromatic heterocycles. The molecule has 1 aromatic rings. The molecule has 1 N–H and O–H groups in total. The third-order valence-corrected chi connectivity index (χ3v) is 4.03. The average Bonchev–Trinajstić information content (AvgIpc) is 2.76. The van der Waals surface area contributed by atoms with Gasteiger partial charge in [0, 0.05) is 38.1 Å². The van der Waals surface area contributed by atoms with E-state index in [0.717, 1.165) is 25.6 Å². The van der Waals surface area contributed by atoms with Gasteiger partial charge in [-0.1, -0.05) is 6.92 Å². The van der Waals surface area contributed by atoms with Gasteiger partial charge in [-0.2, -0.15) is 0 Å². The number of fused-ring (bicyclic) bond motifs is 1. The highest BCUT2D eigenvalue weighted by molar-refractivity contribution is 4.98. The monoisotopic (exact) mass is 220 g/mol. The topological polar surface area (TPSA) is 33.1 Å². The molecule has 2 atom stereocenters. The fraction of sp³-hybridized carbons (Fsp3) is 0.750. The van der Waals surface area contributed by atoms with Crippen molar-refractivity contribution in [2.75, 3.05) is 19.6 Å². The van der Waals surface area contributed by atoms with Crippen LogP contribution in [0.25, 0.3) is 0 Å². The molecule has 0 aromatic carbocycles. The van der Waals surface area contributed by atoms with Gasteiger partial charge in [-0.05, 0) is 18.9 Å². The van der Waals surface area contributed by atoms with Crippen LogP contribution in [0, 0.1) is 5.92 Å². The van der Waals surface area contributed by atoms with Crippen molar-refractivity contribution in [3.63, 3.8) is 0 Å². The molecule has 0 spiro atoms. The van der Waals surface area contributed by atoms with E-state index in [1.165, 1.54) is 25.3 Å². The van der Waals surface area contributed by atoms with Crippen LogP contribution in [0.1, 0.15) is 19.2 Å². The molecule has 2 aliphatic rings. The van der Waals surface area contributed by atoms with Crippen LogP contribution >= 0.6 is 0 Å². The van der Waals surface area contributed by atoms with Crippen LogP contribution in [0.5, 0.6) is 0 Å². The summed E-state index contributed by atoms with van der Waals surface area (Å²) in [5, 5.41) is 3.51. The van der Waals surface area contributed by atoms with Crippen molar-refractivity contribution in [1.82, 2.24) is 19.8 Å². The maximum atomic E-state index is 4.43. The SMILES string of the molecule is CC1CCNCC1N1CCn2ccnc2C1. The average molecular weight is 220 g/mol. The van der Waals surface area contributed by atoms with Crippen LogP contribution in [0.2, 0.25) is 0 Å². The van der Waals surface area contributed by atoms with E-state index in [9.17, 15) is 0 Å². The minimum atomic E-state index is 0.694. The summed E-state index contributed by atoms with van der Waals surface area (Å²) in [6, 6.07) is 0.694. The van der Waals surface area contributed by atoms with Gasteiger partial charge in [0.15, 0.2) is 0 Å². The third-order valence-electron chi connectivity index (χ3n) is 4.03. The minimum Gasteiger partial charge on any atom is -0.333 e. The maximum Gasteiger partial charge on any atom is 0.122 e. The van der Waals surface area contributed by atoms with Gasteiger partial charge < -0.3 is 9.88 Å². The molecule has 3 heterocycles. The number of imidazole rings is 1. The van der Waals surface area contributed by atoms with Crippen LogP contribution in [0.4, 0.5) is 0 Å². The number of nitrogens with zero attached hydrogens (tertiary/aromatic N) is 3. The Balaban J connectivity index is 1.72. The molecule has 0 bridgehead atoms. The van der Waals surface area contributed by atoms with Crippen LogP contribution < -0.4 is 5.32 Å². The molecular formula is C12H20N4. The molecule has 0 amide bonds. The van der Waals surface area contributed by atoms with Crippen molar-refractivity contribution < 1.29 is 0 Å². The quantitative estimate of drug-likeness (QED) is 0.756. The predicted octanol–water partition coefficient (Wildman–Crippen LogP) is 0.697. The zero-order valence-electron chi connectivity index (χ0n) is 9.89. The van der Waals surface area contributed by atoms with Crippen molar-refractivity contribution in [3.05, 3.63) is 18.2 Å². The first-order valence-electron chi connectivity index (χ1n) is 6.29. The Bertz CT molecular complexity index is 360. The van der Waals surface area contributed by atoms with Gasteiger partial charge in [-0.3, -0.25) is 4.90 Å². The van der Waals surface area contributed by atoms with Crippen LogP contribution in [-0.2, 0) is 13.1 Å². The third kappa shape index (κ3) is 1.76. The molecule has 2 aliphatic heterocycles. The molecular weight excluding hydrogens is 200 g/mol. The van der Waals surface area contributed by atoms with E-state index in [2.05, 4.69) is 32.9 Å². The number of hydrogen-bond donors (Lipinski definition) is 1. The Morgan fingerprint density at radius 2 is 2.38 bits per heavy atom. The Morgan fingerprint density at radius 3 is 3.25 bits per heavy atom. The second-order valence-corrected chi connectivity index (χ2v) is 5.04. The molecule has 0 radical (unpaired) electrons. The molecule has 0 saturated carbocycles. The lowest BCUT2D eigenvalue weighted by Crippen LogP contribution is -2.52. The van der Waals surface area contributed by atoms with E-state index < -0.39 is 0 Å². The molecule has 88 valence electrons. The highest BCUT2D eigenvalue weighted by atomic mass is 15.3. The summed E-state index contributed by atoms with van der Waals surface area (Å²) < 4.78 is 2.28. The number of aromatic nitrogens is 2. The Hall–Kier alpha value is -0.870. The lowest BCUT2D eigenvalue weighted by Gasteiger charge is -2.40. The van der Waals surface area contributed by atoms with Crippen molar-refractivity contribution in [1.29, 1.82) is 0 Å². The Kier molecular flexibility index (Phi) is 2.69. The zero-order chi connectivity index (χ0) is 11.0. The summed E-state index contributed by atoms with van der Waals surface area (Å²) in [4.78, 5) is 7.02. The summed E-state index contributed by atoms with van der Waals surface area (Å²) >= 11 is 0. The summed E-state index contributed by atoms with van der Waals surface area (Å²) in [6.45, 7) is 7.98. The van der Waals surface area contributed by atoms with Gasteiger partial charge in [-0.25, -0.2) is 4.98 Å². The molecule has 16 heavy (non-hydrogen) atoms. The molecule has 1 saturated heterocycles.